The predicted molar refractivity (Wildman–Crippen MR) is 106 cm³/mol. The molecule has 1 heterocycles. The Morgan fingerprint density at radius 1 is 1.08 bits per heavy atom. The largest absolute Gasteiger partial charge is 0.360 e. The van der Waals surface area contributed by atoms with Crippen molar-refractivity contribution in [3.8, 4) is 0 Å². The number of sulfonamides is 1. The van der Waals surface area contributed by atoms with E-state index >= 15 is 0 Å². The minimum Gasteiger partial charge on any atom is -0.360 e. The highest BCUT2D eigenvalue weighted by Gasteiger charge is 2.29. The van der Waals surface area contributed by atoms with Crippen LogP contribution in [0.15, 0.2) is 29.2 Å². The summed E-state index contributed by atoms with van der Waals surface area (Å²) in [5.74, 6) is 0. The van der Waals surface area contributed by atoms with E-state index in [1.54, 1.807) is 16.4 Å². The van der Waals surface area contributed by atoms with Crippen LogP contribution >= 0.6 is 12.2 Å². The topological polar surface area (TPSA) is 52.6 Å². The Kier molecular flexibility index (Phi) is 6.12. The molecular formula is C18H29N3O2S2. The van der Waals surface area contributed by atoms with E-state index in [0.29, 0.717) is 36.2 Å². The first kappa shape index (κ1) is 20.1. The molecule has 1 aliphatic rings. The van der Waals surface area contributed by atoms with Gasteiger partial charge in [0.1, 0.15) is 0 Å². The highest BCUT2D eigenvalue weighted by Crippen LogP contribution is 2.25. The lowest BCUT2D eigenvalue weighted by Gasteiger charge is -2.36. The summed E-state index contributed by atoms with van der Waals surface area (Å²) < 4.78 is 27.3. The second-order valence-corrected chi connectivity index (χ2v) is 10.1. The van der Waals surface area contributed by atoms with Gasteiger partial charge in [0, 0.05) is 32.2 Å². The Bertz CT molecular complexity index is 699. The first-order valence-corrected chi connectivity index (χ1v) is 10.5. The molecule has 25 heavy (non-hydrogen) atoms. The molecular weight excluding hydrogens is 354 g/mol. The maximum absolute atomic E-state index is 12.9. The minimum absolute atomic E-state index is 0.00697. The van der Waals surface area contributed by atoms with Crippen molar-refractivity contribution in [2.75, 3.05) is 26.2 Å². The van der Waals surface area contributed by atoms with E-state index in [2.05, 4.69) is 26.1 Å². The van der Waals surface area contributed by atoms with Gasteiger partial charge in [0.2, 0.25) is 10.0 Å². The predicted octanol–water partition coefficient (Wildman–Crippen LogP) is 2.57. The van der Waals surface area contributed by atoms with E-state index in [0.717, 1.165) is 5.56 Å². The SMILES string of the molecule is CC(C)NC(=S)N1CCN(S(=O)(=O)c2ccc(C(C)(C)C)cc2)CC1. The van der Waals surface area contributed by atoms with Gasteiger partial charge in [0.15, 0.2) is 5.11 Å². The molecule has 0 unspecified atom stereocenters. The molecule has 1 N–H and O–H groups in total. The summed E-state index contributed by atoms with van der Waals surface area (Å²) in [6, 6.07) is 7.52. The van der Waals surface area contributed by atoms with E-state index in [4.69, 9.17) is 12.2 Å². The molecule has 2 rings (SSSR count). The number of benzene rings is 1. The van der Waals surface area contributed by atoms with E-state index in [1.807, 2.05) is 30.9 Å². The Hall–Kier alpha value is -1.18. The van der Waals surface area contributed by atoms with Crippen molar-refractivity contribution in [3.05, 3.63) is 29.8 Å². The monoisotopic (exact) mass is 383 g/mol. The third-order valence-electron chi connectivity index (χ3n) is 4.30. The number of thiocarbonyl (C=S) groups is 1. The summed E-state index contributed by atoms with van der Waals surface area (Å²) in [6.45, 7) is 12.5. The lowest BCUT2D eigenvalue weighted by atomic mass is 9.87. The molecule has 0 spiro atoms. The van der Waals surface area contributed by atoms with Crippen molar-refractivity contribution in [3.63, 3.8) is 0 Å². The van der Waals surface area contributed by atoms with Crippen LogP contribution in [0.4, 0.5) is 0 Å². The van der Waals surface area contributed by atoms with Crippen molar-refractivity contribution in [2.24, 2.45) is 0 Å². The Morgan fingerprint density at radius 3 is 2.04 bits per heavy atom. The van der Waals surface area contributed by atoms with Crippen molar-refractivity contribution < 1.29 is 8.42 Å². The fourth-order valence-corrected chi connectivity index (χ4v) is 4.59. The van der Waals surface area contributed by atoms with E-state index in [1.165, 1.54) is 0 Å². The van der Waals surface area contributed by atoms with Crippen molar-refractivity contribution in [2.45, 2.75) is 51.0 Å². The molecule has 0 aliphatic carbocycles. The van der Waals surface area contributed by atoms with Gasteiger partial charge in [-0.3, -0.25) is 0 Å². The standard InChI is InChI=1S/C18H29N3O2S2/c1-14(2)19-17(24)20-10-12-21(13-11-20)25(22,23)16-8-6-15(7-9-16)18(3,4)5/h6-9,14H,10-13H2,1-5H3,(H,19,24). The summed E-state index contributed by atoms with van der Waals surface area (Å²) >= 11 is 5.37. The fourth-order valence-electron chi connectivity index (χ4n) is 2.75. The summed E-state index contributed by atoms with van der Waals surface area (Å²) in [7, 11) is -3.45. The van der Waals surface area contributed by atoms with E-state index < -0.39 is 10.0 Å². The number of rotatable bonds is 3. The van der Waals surface area contributed by atoms with Crippen LogP contribution in [0.25, 0.3) is 0 Å². The zero-order valence-electron chi connectivity index (χ0n) is 15.7. The molecule has 1 aliphatic heterocycles. The fraction of sp³-hybridized carbons (Fsp3) is 0.611. The minimum atomic E-state index is -3.45. The molecule has 0 amide bonds. The molecule has 0 atom stereocenters. The smallest absolute Gasteiger partial charge is 0.243 e. The number of nitrogens with one attached hydrogen (secondary N) is 1. The van der Waals surface area contributed by atoms with Crippen molar-refractivity contribution in [1.29, 1.82) is 0 Å². The highest BCUT2D eigenvalue weighted by molar-refractivity contribution is 7.89. The van der Waals surface area contributed by atoms with Gasteiger partial charge >= 0.3 is 0 Å². The Labute approximate surface area is 157 Å². The molecule has 7 heteroatoms. The molecule has 0 radical (unpaired) electrons. The zero-order valence-corrected chi connectivity index (χ0v) is 17.4. The second kappa shape index (κ2) is 7.60. The molecule has 0 aromatic heterocycles. The number of nitrogens with zero attached hydrogens (tertiary/aromatic N) is 2. The molecule has 1 fully saturated rings. The van der Waals surface area contributed by atoms with Gasteiger partial charge in [0.25, 0.3) is 0 Å². The van der Waals surface area contributed by atoms with Crippen LogP contribution in [0.3, 0.4) is 0 Å². The number of hydrogen-bond acceptors (Lipinski definition) is 3. The van der Waals surface area contributed by atoms with E-state index in [-0.39, 0.29) is 11.5 Å². The summed E-state index contributed by atoms with van der Waals surface area (Å²) in [5, 5.41) is 3.90. The van der Waals surface area contributed by atoms with Crippen LogP contribution in [0.2, 0.25) is 0 Å². The summed E-state index contributed by atoms with van der Waals surface area (Å²) in [6.07, 6.45) is 0. The first-order chi connectivity index (χ1) is 11.5. The molecule has 5 nitrogen and oxygen atoms in total. The van der Waals surface area contributed by atoms with Crippen LogP contribution in [-0.2, 0) is 15.4 Å². The average Bonchev–Trinajstić information content (AvgIpc) is 2.53. The van der Waals surface area contributed by atoms with Gasteiger partial charge in [0.05, 0.1) is 4.90 Å². The highest BCUT2D eigenvalue weighted by atomic mass is 32.2. The quantitative estimate of drug-likeness (QED) is 0.813. The summed E-state index contributed by atoms with van der Waals surface area (Å²) in [4.78, 5) is 2.39. The third kappa shape index (κ3) is 4.92. The molecule has 1 aromatic carbocycles. The Balaban J connectivity index is 2.05. The van der Waals surface area contributed by atoms with Gasteiger partial charge in [-0.2, -0.15) is 4.31 Å². The first-order valence-electron chi connectivity index (χ1n) is 8.68. The molecule has 140 valence electrons. The molecule has 0 bridgehead atoms. The zero-order chi connectivity index (χ0) is 18.8. The van der Waals surface area contributed by atoms with Crippen LogP contribution in [0, 0.1) is 0 Å². The summed E-state index contributed by atoms with van der Waals surface area (Å²) in [5.41, 5.74) is 1.13. The lowest BCUT2D eigenvalue weighted by Crippen LogP contribution is -2.53. The molecule has 1 saturated heterocycles. The van der Waals surface area contributed by atoms with Gasteiger partial charge < -0.3 is 10.2 Å². The van der Waals surface area contributed by atoms with Crippen LogP contribution in [0.1, 0.15) is 40.2 Å². The molecule has 0 saturated carbocycles. The van der Waals surface area contributed by atoms with Gasteiger partial charge in [-0.1, -0.05) is 32.9 Å². The molecule has 1 aromatic rings. The van der Waals surface area contributed by atoms with Gasteiger partial charge in [-0.15, -0.1) is 0 Å². The van der Waals surface area contributed by atoms with Crippen LogP contribution in [-0.4, -0.2) is 55.0 Å². The second-order valence-electron chi connectivity index (χ2n) is 7.77. The van der Waals surface area contributed by atoms with Gasteiger partial charge in [-0.25, -0.2) is 8.42 Å². The maximum Gasteiger partial charge on any atom is 0.243 e. The van der Waals surface area contributed by atoms with Crippen LogP contribution < -0.4 is 5.32 Å². The van der Waals surface area contributed by atoms with Gasteiger partial charge in [-0.05, 0) is 49.2 Å². The normalized spacial score (nSPS) is 17.0. The van der Waals surface area contributed by atoms with E-state index in [9.17, 15) is 8.42 Å². The maximum atomic E-state index is 12.9. The lowest BCUT2D eigenvalue weighted by molar-refractivity contribution is 0.263. The third-order valence-corrected chi connectivity index (χ3v) is 6.59. The number of piperazine rings is 1. The van der Waals surface area contributed by atoms with Crippen molar-refractivity contribution in [1.82, 2.24) is 14.5 Å². The van der Waals surface area contributed by atoms with Crippen LogP contribution in [0.5, 0.6) is 0 Å². The number of hydrogen-bond donors (Lipinski definition) is 1. The Morgan fingerprint density at radius 2 is 1.60 bits per heavy atom. The average molecular weight is 384 g/mol. The van der Waals surface area contributed by atoms with Crippen molar-refractivity contribution >= 4 is 27.4 Å².